The molecule has 0 aliphatic carbocycles. The van der Waals surface area contributed by atoms with E-state index in [1.54, 1.807) is 56.6 Å². The molecule has 1 aliphatic heterocycles. The number of rotatable bonds is 8. The van der Waals surface area contributed by atoms with Crippen LogP contribution in [0, 0.1) is 0 Å². The van der Waals surface area contributed by atoms with Crippen molar-refractivity contribution in [1.82, 2.24) is 15.1 Å². The van der Waals surface area contributed by atoms with Gasteiger partial charge >= 0.3 is 0 Å². The van der Waals surface area contributed by atoms with Crippen molar-refractivity contribution in [2.24, 2.45) is 0 Å². The van der Waals surface area contributed by atoms with E-state index >= 15 is 0 Å². The second kappa shape index (κ2) is 10.7. The van der Waals surface area contributed by atoms with Gasteiger partial charge in [0.1, 0.15) is 6.10 Å². The van der Waals surface area contributed by atoms with E-state index in [2.05, 4.69) is 10.2 Å². The van der Waals surface area contributed by atoms with Crippen molar-refractivity contribution in [2.45, 2.75) is 18.9 Å². The van der Waals surface area contributed by atoms with Gasteiger partial charge in [0, 0.05) is 32.8 Å². The maximum atomic E-state index is 12.8. The molecule has 1 aliphatic rings. The maximum Gasteiger partial charge on any atom is 0.246 e. The van der Waals surface area contributed by atoms with Crippen LogP contribution >= 0.6 is 0 Å². The second-order valence-electron chi connectivity index (χ2n) is 7.58. The maximum absolute atomic E-state index is 12.8. The molecule has 1 aromatic heterocycles. The number of hydrogen-bond acceptors (Lipinski definition) is 8. The number of hydrogen-bond donors (Lipinski definition) is 0. The van der Waals surface area contributed by atoms with Crippen LogP contribution in [-0.4, -0.2) is 75.6 Å². The Bertz CT molecular complexity index is 921. The van der Waals surface area contributed by atoms with Crippen LogP contribution in [0.2, 0.25) is 0 Å². The summed E-state index contributed by atoms with van der Waals surface area (Å²) in [5.41, 5.74) is 0.772. The Morgan fingerprint density at radius 1 is 1.09 bits per heavy atom. The van der Waals surface area contributed by atoms with Crippen molar-refractivity contribution in [3.8, 4) is 23.1 Å². The molecular formula is C23H30N4O5. The first-order valence-electron chi connectivity index (χ1n) is 10.4. The monoisotopic (exact) mass is 442 g/mol. The molecule has 1 unspecified atom stereocenters. The molecule has 172 valence electrons. The first-order valence-corrected chi connectivity index (χ1v) is 10.4. The fourth-order valence-corrected chi connectivity index (χ4v) is 3.49. The first-order chi connectivity index (χ1) is 15.4. The number of carbonyl (C=O) groups excluding carboxylic acids is 1. The molecule has 1 fully saturated rings. The minimum absolute atomic E-state index is 0.0823. The second-order valence-corrected chi connectivity index (χ2v) is 7.58. The van der Waals surface area contributed by atoms with Crippen molar-refractivity contribution in [2.75, 3.05) is 53.4 Å². The predicted octanol–water partition coefficient (Wildman–Crippen LogP) is 2.65. The third-order valence-electron chi connectivity index (χ3n) is 5.17. The zero-order chi connectivity index (χ0) is 23.1. The zero-order valence-corrected chi connectivity index (χ0v) is 19.2. The lowest BCUT2D eigenvalue weighted by Gasteiger charge is -2.31. The lowest BCUT2D eigenvalue weighted by atomic mass is 10.1. The summed E-state index contributed by atoms with van der Waals surface area (Å²) in [5.74, 6) is 2.72. The Labute approximate surface area is 188 Å². The molecule has 1 aromatic carbocycles. The van der Waals surface area contributed by atoms with Crippen LogP contribution < -0.4 is 23.8 Å². The highest BCUT2D eigenvalue weighted by molar-refractivity contribution is 5.92. The summed E-state index contributed by atoms with van der Waals surface area (Å²) in [6, 6.07) is 7.24. The van der Waals surface area contributed by atoms with E-state index in [1.807, 2.05) is 25.1 Å². The number of aromatic nitrogens is 2. The Morgan fingerprint density at radius 2 is 1.81 bits per heavy atom. The summed E-state index contributed by atoms with van der Waals surface area (Å²) in [6.07, 6.45) is 4.88. The quantitative estimate of drug-likeness (QED) is 0.577. The van der Waals surface area contributed by atoms with E-state index in [-0.39, 0.29) is 12.0 Å². The Kier molecular flexibility index (Phi) is 7.75. The number of carbonyl (C=O) groups is 1. The third-order valence-corrected chi connectivity index (χ3v) is 5.17. The largest absolute Gasteiger partial charge is 0.493 e. The van der Waals surface area contributed by atoms with Gasteiger partial charge in [0.2, 0.25) is 17.5 Å². The van der Waals surface area contributed by atoms with Crippen LogP contribution in [-0.2, 0) is 4.79 Å². The number of amides is 1. The molecule has 3 rings (SSSR count). The van der Waals surface area contributed by atoms with Gasteiger partial charge in [-0.15, -0.1) is 10.2 Å². The van der Waals surface area contributed by atoms with Gasteiger partial charge in [0.05, 0.1) is 27.9 Å². The molecule has 0 bridgehead atoms. The molecule has 0 spiro atoms. The molecule has 9 heteroatoms. The van der Waals surface area contributed by atoms with E-state index in [1.165, 1.54) is 0 Å². The van der Waals surface area contributed by atoms with E-state index in [9.17, 15) is 4.79 Å². The highest BCUT2D eigenvalue weighted by Crippen LogP contribution is 2.38. The van der Waals surface area contributed by atoms with Gasteiger partial charge in [-0.2, -0.15) is 0 Å². The van der Waals surface area contributed by atoms with Crippen LogP contribution in [0.5, 0.6) is 23.1 Å². The number of anilines is 1. The summed E-state index contributed by atoms with van der Waals surface area (Å²) < 4.78 is 22.0. The Hall–Kier alpha value is -3.49. The van der Waals surface area contributed by atoms with E-state index < -0.39 is 0 Å². The van der Waals surface area contributed by atoms with Crippen LogP contribution in [0.3, 0.4) is 0 Å². The van der Waals surface area contributed by atoms with Crippen LogP contribution in [0.1, 0.15) is 18.4 Å². The number of nitrogens with zero attached hydrogens (tertiary/aromatic N) is 4. The molecule has 0 N–H and O–H groups in total. The van der Waals surface area contributed by atoms with Crippen molar-refractivity contribution in [3.05, 3.63) is 35.9 Å². The molecular weight excluding hydrogens is 412 g/mol. The van der Waals surface area contributed by atoms with E-state index in [0.29, 0.717) is 36.2 Å². The molecule has 0 radical (unpaired) electrons. The smallest absolute Gasteiger partial charge is 0.246 e. The van der Waals surface area contributed by atoms with Gasteiger partial charge in [-0.05, 0) is 42.7 Å². The minimum atomic E-state index is -0.123. The lowest BCUT2D eigenvalue weighted by Crippen LogP contribution is -2.43. The standard InChI is InChI=1S/C23H30N4O5/c1-26(2)20-9-10-21(25-24-20)32-17-7-6-12-27(15-17)22(28)11-8-16-13-18(29-3)23(31-5)19(14-16)30-4/h8-11,13-14,17H,6-7,12,15H2,1-5H3/b11-8+. The summed E-state index contributed by atoms with van der Waals surface area (Å²) in [5, 5.41) is 8.25. The molecule has 1 atom stereocenters. The Morgan fingerprint density at radius 3 is 2.38 bits per heavy atom. The van der Waals surface area contributed by atoms with Crippen LogP contribution in [0.25, 0.3) is 6.08 Å². The van der Waals surface area contributed by atoms with Gasteiger partial charge in [0.15, 0.2) is 17.3 Å². The van der Waals surface area contributed by atoms with Crippen molar-refractivity contribution in [1.29, 1.82) is 0 Å². The number of ether oxygens (including phenoxy) is 4. The average molecular weight is 443 g/mol. The topological polar surface area (TPSA) is 86.2 Å². The summed E-state index contributed by atoms with van der Waals surface area (Å²) >= 11 is 0. The van der Waals surface area contributed by atoms with Gasteiger partial charge in [-0.3, -0.25) is 4.79 Å². The van der Waals surface area contributed by atoms with Crippen molar-refractivity contribution < 1.29 is 23.7 Å². The summed E-state index contributed by atoms with van der Waals surface area (Å²) in [6.45, 7) is 1.18. The molecule has 1 amide bonds. The van der Waals surface area contributed by atoms with Crippen molar-refractivity contribution >= 4 is 17.8 Å². The summed E-state index contributed by atoms with van der Waals surface area (Å²) in [4.78, 5) is 16.4. The Balaban J connectivity index is 1.64. The molecule has 0 saturated carbocycles. The van der Waals surface area contributed by atoms with Gasteiger partial charge < -0.3 is 28.7 Å². The normalized spacial score (nSPS) is 16.0. The molecule has 2 aromatic rings. The van der Waals surface area contributed by atoms with Crippen LogP contribution in [0.15, 0.2) is 30.3 Å². The van der Waals surface area contributed by atoms with Gasteiger partial charge in [-0.25, -0.2) is 0 Å². The summed E-state index contributed by atoms with van der Waals surface area (Å²) in [7, 11) is 8.47. The van der Waals surface area contributed by atoms with Gasteiger partial charge in [0.25, 0.3) is 0 Å². The number of likely N-dealkylation sites (tertiary alicyclic amines) is 1. The van der Waals surface area contributed by atoms with Gasteiger partial charge in [-0.1, -0.05) is 0 Å². The highest BCUT2D eigenvalue weighted by atomic mass is 16.5. The first kappa shape index (κ1) is 23.2. The number of benzene rings is 1. The fourth-order valence-electron chi connectivity index (χ4n) is 3.49. The number of piperidine rings is 1. The average Bonchev–Trinajstić information content (AvgIpc) is 2.82. The molecule has 9 nitrogen and oxygen atoms in total. The lowest BCUT2D eigenvalue weighted by molar-refractivity contribution is -0.128. The minimum Gasteiger partial charge on any atom is -0.493 e. The van der Waals surface area contributed by atoms with Crippen molar-refractivity contribution in [3.63, 3.8) is 0 Å². The zero-order valence-electron chi connectivity index (χ0n) is 19.2. The molecule has 2 heterocycles. The molecule has 1 saturated heterocycles. The predicted molar refractivity (Wildman–Crippen MR) is 122 cm³/mol. The van der Waals surface area contributed by atoms with Crippen LogP contribution in [0.4, 0.5) is 5.82 Å². The van der Waals surface area contributed by atoms with E-state index in [4.69, 9.17) is 18.9 Å². The fraction of sp³-hybridized carbons (Fsp3) is 0.435. The third kappa shape index (κ3) is 5.60. The number of methoxy groups -OCH3 is 3. The highest BCUT2D eigenvalue weighted by Gasteiger charge is 2.24. The van der Waals surface area contributed by atoms with E-state index in [0.717, 1.165) is 24.2 Å². The molecule has 32 heavy (non-hydrogen) atoms. The SMILES string of the molecule is COc1cc(/C=C/C(=O)N2CCCC(Oc3ccc(N(C)C)nn3)C2)cc(OC)c1OC.